The summed E-state index contributed by atoms with van der Waals surface area (Å²) in [5.41, 5.74) is 1.87. The zero-order chi connectivity index (χ0) is 18.6. The zero-order valence-corrected chi connectivity index (χ0v) is 17.4. The summed E-state index contributed by atoms with van der Waals surface area (Å²) in [6, 6.07) is 6.92. The smallest absolute Gasteiger partial charge is 0.407 e. The van der Waals surface area contributed by atoms with E-state index < -0.39 is 5.60 Å². The fourth-order valence-corrected chi connectivity index (χ4v) is 3.45. The van der Waals surface area contributed by atoms with Crippen LogP contribution in [0.25, 0.3) is 0 Å². The Labute approximate surface area is 159 Å². The van der Waals surface area contributed by atoms with Gasteiger partial charge in [-0.1, -0.05) is 15.9 Å². The van der Waals surface area contributed by atoms with Gasteiger partial charge in [-0.2, -0.15) is 0 Å². The number of carbonyl (C=O) groups excluding carboxylic acids is 1. The molecule has 0 bridgehead atoms. The number of nitrogens with zero attached hydrogens (tertiary/aromatic N) is 1. The maximum atomic E-state index is 11.9. The lowest BCUT2D eigenvalue weighted by Gasteiger charge is -2.32. The van der Waals surface area contributed by atoms with Crippen LogP contribution < -0.4 is 15.5 Å². The fraction of sp³-hybridized carbons (Fsp3) is 0.632. The molecule has 0 heterocycles. The third-order valence-corrected chi connectivity index (χ3v) is 4.74. The Hall–Kier alpha value is -1.43. The van der Waals surface area contributed by atoms with Crippen molar-refractivity contribution in [2.75, 3.05) is 24.3 Å². The summed E-state index contributed by atoms with van der Waals surface area (Å²) in [6.45, 7) is 5.65. The molecule has 0 radical (unpaired) electrons. The van der Waals surface area contributed by atoms with E-state index in [1.54, 1.807) is 0 Å². The minimum atomic E-state index is -0.452. The normalized spacial score (nSPS) is 20.7. The molecule has 0 atom stereocenters. The van der Waals surface area contributed by atoms with Crippen LogP contribution in [-0.2, 0) is 4.74 Å². The van der Waals surface area contributed by atoms with Gasteiger partial charge in [0.25, 0.3) is 0 Å². The van der Waals surface area contributed by atoms with Crippen molar-refractivity contribution >= 4 is 33.4 Å². The van der Waals surface area contributed by atoms with Gasteiger partial charge in [0, 0.05) is 30.7 Å². The molecule has 1 aromatic carbocycles. The quantitative estimate of drug-likeness (QED) is 0.749. The van der Waals surface area contributed by atoms with Gasteiger partial charge in [-0.15, -0.1) is 0 Å². The average Bonchev–Trinajstić information content (AvgIpc) is 2.47. The largest absolute Gasteiger partial charge is 0.444 e. The molecule has 2 rings (SSSR count). The number of benzene rings is 1. The minimum absolute atomic E-state index is 0.198. The van der Waals surface area contributed by atoms with Crippen LogP contribution in [0.3, 0.4) is 0 Å². The van der Waals surface area contributed by atoms with Crippen LogP contribution in [0.4, 0.5) is 16.2 Å². The number of ether oxygens (including phenoxy) is 1. The molecule has 0 aromatic heterocycles. The Morgan fingerprint density at radius 1 is 1.16 bits per heavy atom. The van der Waals surface area contributed by atoms with Crippen LogP contribution in [0.2, 0.25) is 0 Å². The van der Waals surface area contributed by atoms with Crippen molar-refractivity contribution in [3.05, 3.63) is 22.7 Å². The van der Waals surface area contributed by atoms with Crippen molar-refractivity contribution < 1.29 is 9.53 Å². The maximum absolute atomic E-state index is 11.9. The molecule has 1 saturated carbocycles. The lowest BCUT2D eigenvalue weighted by molar-refractivity contribution is 0.0492. The van der Waals surface area contributed by atoms with E-state index >= 15 is 0 Å². The Bertz CT molecular complexity index is 591. The second-order valence-electron chi connectivity index (χ2n) is 7.90. The first-order valence-corrected chi connectivity index (χ1v) is 9.66. The third-order valence-electron chi connectivity index (χ3n) is 4.25. The Morgan fingerprint density at radius 3 is 2.32 bits per heavy atom. The summed E-state index contributed by atoms with van der Waals surface area (Å²) in [7, 11) is 4.10. The molecule has 5 nitrogen and oxygen atoms in total. The van der Waals surface area contributed by atoms with Gasteiger partial charge >= 0.3 is 6.09 Å². The summed E-state index contributed by atoms with van der Waals surface area (Å²) < 4.78 is 6.41. The van der Waals surface area contributed by atoms with E-state index in [4.69, 9.17) is 4.74 Å². The van der Waals surface area contributed by atoms with E-state index in [0.717, 1.165) is 35.8 Å². The second-order valence-corrected chi connectivity index (χ2v) is 8.81. The van der Waals surface area contributed by atoms with Gasteiger partial charge in [-0.3, -0.25) is 0 Å². The van der Waals surface area contributed by atoms with Gasteiger partial charge < -0.3 is 20.3 Å². The Kier molecular flexibility index (Phi) is 6.60. The molecular formula is C19H30BrN3O2. The molecule has 0 saturated heterocycles. The zero-order valence-electron chi connectivity index (χ0n) is 15.9. The summed E-state index contributed by atoms with van der Waals surface area (Å²) in [5.74, 6) is 0. The van der Waals surface area contributed by atoms with E-state index in [9.17, 15) is 4.79 Å². The van der Waals surface area contributed by atoms with Crippen LogP contribution in [0, 0.1) is 0 Å². The maximum Gasteiger partial charge on any atom is 0.407 e. The van der Waals surface area contributed by atoms with E-state index in [1.165, 1.54) is 5.69 Å². The van der Waals surface area contributed by atoms with Crippen molar-refractivity contribution in [1.29, 1.82) is 0 Å². The van der Waals surface area contributed by atoms with Crippen LogP contribution in [0.1, 0.15) is 46.5 Å². The first-order valence-electron chi connectivity index (χ1n) is 8.87. The second kappa shape index (κ2) is 8.30. The Morgan fingerprint density at radius 2 is 1.76 bits per heavy atom. The molecule has 1 aromatic rings. The average molecular weight is 412 g/mol. The van der Waals surface area contributed by atoms with Gasteiger partial charge in [0.15, 0.2) is 0 Å². The third kappa shape index (κ3) is 6.42. The van der Waals surface area contributed by atoms with Crippen molar-refractivity contribution in [1.82, 2.24) is 5.32 Å². The van der Waals surface area contributed by atoms with Crippen molar-refractivity contribution in [3.63, 3.8) is 0 Å². The molecule has 0 aliphatic heterocycles. The molecule has 25 heavy (non-hydrogen) atoms. The SMILES string of the molecule is CN(C)c1ccc(Br)cc1NC1CCC(NC(=O)OC(C)(C)C)CC1. The number of carbonyl (C=O) groups is 1. The monoisotopic (exact) mass is 411 g/mol. The van der Waals surface area contributed by atoms with Crippen molar-refractivity contribution in [2.45, 2.75) is 64.1 Å². The highest BCUT2D eigenvalue weighted by Crippen LogP contribution is 2.31. The van der Waals surface area contributed by atoms with E-state index in [-0.39, 0.29) is 12.1 Å². The van der Waals surface area contributed by atoms with Crippen LogP contribution in [0.15, 0.2) is 22.7 Å². The molecule has 1 aliphatic carbocycles. The summed E-state index contributed by atoms with van der Waals surface area (Å²) in [5, 5.41) is 6.66. The van der Waals surface area contributed by atoms with Crippen molar-refractivity contribution in [2.24, 2.45) is 0 Å². The lowest BCUT2D eigenvalue weighted by atomic mass is 9.91. The van der Waals surface area contributed by atoms with Crippen LogP contribution in [0.5, 0.6) is 0 Å². The number of halogens is 1. The van der Waals surface area contributed by atoms with Gasteiger partial charge in [0.05, 0.1) is 11.4 Å². The van der Waals surface area contributed by atoms with Crippen LogP contribution >= 0.6 is 15.9 Å². The molecular weight excluding hydrogens is 382 g/mol. The van der Waals surface area contributed by atoms with Crippen LogP contribution in [-0.4, -0.2) is 37.9 Å². The standard InChI is InChI=1S/C19H30BrN3O2/c1-19(2,3)25-18(24)22-15-9-7-14(8-10-15)21-16-12-13(20)6-11-17(16)23(4)5/h6,11-12,14-15,21H,7-10H2,1-5H3,(H,22,24). The summed E-state index contributed by atoms with van der Waals surface area (Å²) >= 11 is 3.55. The van der Waals surface area contributed by atoms with Gasteiger partial charge in [-0.05, 0) is 64.7 Å². The fourth-order valence-electron chi connectivity index (χ4n) is 3.09. The first kappa shape index (κ1) is 19.9. The highest BCUT2D eigenvalue weighted by atomic mass is 79.9. The molecule has 1 amide bonds. The van der Waals surface area contributed by atoms with Gasteiger partial charge in [0.1, 0.15) is 5.60 Å². The number of hydrogen-bond donors (Lipinski definition) is 2. The van der Waals surface area contributed by atoms with E-state index in [1.807, 2.05) is 20.8 Å². The molecule has 1 fully saturated rings. The number of nitrogens with one attached hydrogen (secondary N) is 2. The molecule has 0 unspecified atom stereocenters. The highest BCUT2D eigenvalue weighted by molar-refractivity contribution is 9.10. The number of alkyl carbamates (subject to hydrolysis) is 1. The number of anilines is 2. The first-order chi connectivity index (χ1) is 11.6. The molecule has 1 aliphatic rings. The summed E-state index contributed by atoms with van der Waals surface area (Å²) in [6.07, 6.45) is 3.66. The Balaban J connectivity index is 1.87. The minimum Gasteiger partial charge on any atom is -0.444 e. The van der Waals surface area contributed by atoms with E-state index in [2.05, 4.69) is 63.8 Å². The lowest BCUT2D eigenvalue weighted by Crippen LogP contribution is -2.42. The summed E-state index contributed by atoms with van der Waals surface area (Å²) in [4.78, 5) is 14.0. The number of amides is 1. The topological polar surface area (TPSA) is 53.6 Å². The molecule has 140 valence electrons. The predicted octanol–water partition coefficient (Wildman–Crippen LogP) is 4.76. The molecule has 0 spiro atoms. The number of hydrogen-bond acceptors (Lipinski definition) is 4. The van der Waals surface area contributed by atoms with Gasteiger partial charge in [-0.25, -0.2) is 4.79 Å². The highest BCUT2D eigenvalue weighted by Gasteiger charge is 2.25. The molecule has 6 heteroatoms. The predicted molar refractivity (Wildman–Crippen MR) is 108 cm³/mol. The van der Waals surface area contributed by atoms with Gasteiger partial charge in [0.2, 0.25) is 0 Å². The van der Waals surface area contributed by atoms with E-state index in [0.29, 0.717) is 6.04 Å². The molecule has 2 N–H and O–H groups in total. The van der Waals surface area contributed by atoms with Crippen molar-refractivity contribution in [3.8, 4) is 0 Å². The number of rotatable bonds is 4.